The quantitative estimate of drug-likeness (QED) is 0.686. The molecule has 0 aliphatic carbocycles. The van der Waals surface area contributed by atoms with Crippen molar-refractivity contribution < 1.29 is 9.59 Å². The molecule has 1 aromatic heterocycles. The molecule has 0 saturated heterocycles. The van der Waals surface area contributed by atoms with Crippen LogP contribution >= 0.6 is 23.2 Å². The molecule has 0 fully saturated rings. The summed E-state index contributed by atoms with van der Waals surface area (Å²) in [6.45, 7) is 0. The van der Waals surface area contributed by atoms with Gasteiger partial charge in [0.25, 0.3) is 11.8 Å². The summed E-state index contributed by atoms with van der Waals surface area (Å²) in [5.41, 5.74) is 5.64. The first-order valence-electron chi connectivity index (χ1n) is 6.97. The number of aromatic nitrogens is 1. The lowest BCUT2D eigenvalue weighted by atomic mass is 10.2. The number of pyridine rings is 1. The van der Waals surface area contributed by atoms with Crippen LogP contribution in [0.4, 0.5) is 0 Å². The second kappa shape index (κ2) is 6.86. The fraction of sp³-hybridized carbons (Fsp3) is 0. The summed E-state index contributed by atoms with van der Waals surface area (Å²) in [7, 11) is 0. The number of amides is 2. The minimum Gasteiger partial charge on any atom is -0.267 e. The zero-order valence-electron chi connectivity index (χ0n) is 12.2. The molecule has 0 aliphatic rings. The van der Waals surface area contributed by atoms with E-state index in [0.717, 1.165) is 5.39 Å². The molecular formula is C17H11Cl2N3O2. The number of nitrogens with zero attached hydrogens (tertiary/aromatic N) is 1. The van der Waals surface area contributed by atoms with Crippen molar-refractivity contribution in [3.05, 3.63) is 75.9 Å². The van der Waals surface area contributed by atoms with E-state index >= 15 is 0 Å². The molecule has 2 aromatic carbocycles. The zero-order chi connectivity index (χ0) is 17.1. The highest BCUT2D eigenvalue weighted by Gasteiger charge is 2.14. The molecule has 2 amide bonds. The van der Waals surface area contributed by atoms with Gasteiger partial charge in [-0.2, -0.15) is 0 Å². The largest absolute Gasteiger partial charge is 0.288 e. The van der Waals surface area contributed by atoms with Crippen molar-refractivity contribution >= 4 is 45.9 Å². The number of halogens is 2. The van der Waals surface area contributed by atoms with Crippen LogP contribution < -0.4 is 10.9 Å². The Morgan fingerprint density at radius 1 is 0.833 bits per heavy atom. The van der Waals surface area contributed by atoms with E-state index in [9.17, 15) is 9.59 Å². The Labute approximate surface area is 147 Å². The Bertz CT molecular complexity index is 944. The molecule has 0 spiro atoms. The maximum absolute atomic E-state index is 12.1. The second-order valence-electron chi connectivity index (χ2n) is 4.90. The van der Waals surface area contributed by atoms with Crippen LogP contribution in [0.3, 0.4) is 0 Å². The minimum atomic E-state index is -0.573. The smallest absolute Gasteiger partial charge is 0.267 e. The minimum absolute atomic E-state index is 0.120. The summed E-state index contributed by atoms with van der Waals surface area (Å²) >= 11 is 11.8. The molecule has 1 heterocycles. The van der Waals surface area contributed by atoms with E-state index in [-0.39, 0.29) is 21.3 Å². The number of para-hydroxylation sites is 1. The van der Waals surface area contributed by atoms with Crippen LogP contribution in [-0.4, -0.2) is 16.8 Å². The highest BCUT2D eigenvalue weighted by Crippen LogP contribution is 2.25. The van der Waals surface area contributed by atoms with E-state index in [1.165, 1.54) is 6.07 Å². The van der Waals surface area contributed by atoms with Crippen LogP contribution in [0.25, 0.3) is 10.9 Å². The normalized spacial score (nSPS) is 10.4. The van der Waals surface area contributed by atoms with Crippen LogP contribution in [-0.2, 0) is 0 Å². The predicted molar refractivity (Wildman–Crippen MR) is 93.1 cm³/mol. The van der Waals surface area contributed by atoms with Gasteiger partial charge in [-0.05, 0) is 24.3 Å². The molecule has 7 heteroatoms. The lowest BCUT2D eigenvalue weighted by Gasteiger charge is -2.09. The van der Waals surface area contributed by atoms with Crippen molar-refractivity contribution in [2.45, 2.75) is 0 Å². The Morgan fingerprint density at radius 3 is 2.42 bits per heavy atom. The highest BCUT2D eigenvalue weighted by molar-refractivity contribution is 6.43. The van der Waals surface area contributed by atoms with E-state index in [1.807, 2.05) is 18.2 Å². The van der Waals surface area contributed by atoms with Gasteiger partial charge < -0.3 is 0 Å². The third-order valence-corrected chi connectivity index (χ3v) is 4.14. The van der Waals surface area contributed by atoms with E-state index < -0.39 is 11.8 Å². The van der Waals surface area contributed by atoms with Gasteiger partial charge in [-0.1, -0.05) is 53.5 Å². The number of carbonyl (C=O) groups is 2. The van der Waals surface area contributed by atoms with Crippen LogP contribution in [0.15, 0.2) is 54.6 Å². The van der Waals surface area contributed by atoms with E-state index in [1.54, 1.807) is 30.3 Å². The molecule has 3 rings (SSSR count). The van der Waals surface area contributed by atoms with E-state index in [4.69, 9.17) is 23.2 Å². The Balaban J connectivity index is 1.72. The molecule has 3 aromatic rings. The van der Waals surface area contributed by atoms with Gasteiger partial charge in [0, 0.05) is 5.39 Å². The third kappa shape index (κ3) is 3.32. The second-order valence-corrected chi connectivity index (χ2v) is 5.68. The number of hydrogen-bond acceptors (Lipinski definition) is 3. The summed E-state index contributed by atoms with van der Waals surface area (Å²) in [4.78, 5) is 28.5. The average molecular weight is 360 g/mol. The molecule has 0 unspecified atom stereocenters. The zero-order valence-corrected chi connectivity index (χ0v) is 13.7. The van der Waals surface area contributed by atoms with Crippen molar-refractivity contribution in [2.75, 3.05) is 0 Å². The van der Waals surface area contributed by atoms with Crippen LogP contribution in [0.1, 0.15) is 20.8 Å². The first-order chi connectivity index (χ1) is 11.6. The van der Waals surface area contributed by atoms with Gasteiger partial charge in [0.05, 0.1) is 21.1 Å². The van der Waals surface area contributed by atoms with Gasteiger partial charge in [-0.25, -0.2) is 4.98 Å². The topological polar surface area (TPSA) is 71.1 Å². The van der Waals surface area contributed by atoms with Crippen molar-refractivity contribution in [3.63, 3.8) is 0 Å². The molecule has 0 aliphatic heterocycles. The number of benzene rings is 2. The number of nitrogens with one attached hydrogen (secondary N) is 2. The number of hydrogen-bond donors (Lipinski definition) is 2. The average Bonchev–Trinajstić information content (AvgIpc) is 2.61. The molecule has 0 atom stereocenters. The first kappa shape index (κ1) is 16.2. The number of fused-ring (bicyclic) bond motifs is 1. The molecule has 0 saturated carbocycles. The van der Waals surface area contributed by atoms with Crippen molar-refractivity contribution in [1.82, 2.24) is 15.8 Å². The Hall–Kier alpha value is -2.63. The van der Waals surface area contributed by atoms with E-state index in [2.05, 4.69) is 15.8 Å². The van der Waals surface area contributed by atoms with E-state index in [0.29, 0.717) is 5.52 Å². The molecule has 120 valence electrons. The summed E-state index contributed by atoms with van der Waals surface area (Å²) in [5.74, 6) is -1.11. The fourth-order valence-electron chi connectivity index (χ4n) is 2.12. The third-order valence-electron chi connectivity index (χ3n) is 3.32. The van der Waals surface area contributed by atoms with Crippen molar-refractivity contribution in [1.29, 1.82) is 0 Å². The van der Waals surface area contributed by atoms with Gasteiger partial charge in [0.15, 0.2) is 0 Å². The summed E-state index contributed by atoms with van der Waals surface area (Å²) in [6.07, 6.45) is 0. The number of carbonyl (C=O) groups excluding carboxylic acids is 2. The lowest BCUT2D eigenvalue weighted by molar-refractivity contribution is 0.0844. The fourth-order valence-corrected chi connectivity index (χ4v) is 2.50. The molecule has 0 bridgehead atoms. The molecule has 24 heavy (non-hydrogen) atoms. The van der Waals surface area contributed by atoms with Gasteiger partial charge in [-0.15, -0.1) is 0 Å². The standard InChI is InChI=1S/C17H11Cl2N3O2/c18-12-6-3-5-11(15(12)19)16(23)21-22-17(24)14-9-8-10-4-1-2-7-13(10)20-14/h1-9H,(H,21,23)(H,22,24). The van der Waals surface area contributed by atoms with Crippen LogP contribution in [0, 0.1) is 0 Å². The SMILES string of the molecule is O=C(NNC(=O)c1cccc(Cl)c1Cl)c1ccc2ccccc2n1. The van der Waals surface area contributed by atoms with Gasteiger partial charge in [0.2, 0.25) is 0 Å². The van der Waals surface area contributed by atoms with Crippen molar-refractivity contribution in [2.24, 2.45) is 0 Å². The Kier molecular flexibility index (Phi) is 4.64. The maximum Gasteiger partial charge on any atom is 0.288 e. The Morgan fingerprint density at radius 2 is 1.58 bits per heavy atom. The summed E-state index contributed by atoms with van der Waals surface area (Å²) < 4.78 is 0. The monoisotopic (exact) mass is 359 g/mol. The van der Waals surface area contributed by atoms with Gasteiger partial charge >= 0.3 is 0 Å². The lowest BCUT2D eigenvalue weighted by Crippen LogP contribution is -2.42. The van der Waals surface area contributed by atoms with Crippen molar-refractivity contribution in [3.8, 4) is 0 Å². The summed E-state index contributed by atoms with van der Waals surface area (Å²) in [5, 5.41) is 1.30. The van der Waals surface area contributed by atoms with Gasteiger partial charge in [0.1, 0.15) is 5.69 Å². The highest BCUT2D eigenvalue weighted by atomic mass is 35.5. The maximum atomic E-state index is 12.1. The number of hydrazine groups is 1. The van der Waals surface area contributed by atoms with Crippen LogP contribution in [0.2, 0.25) is 10.0 Å². The molecular weight excluding hydrogens is 349 g/mol. The molecule has 2 N–H and O–H groups in total. The molecule has 5 nitrogen and oxygen atoms in total. The molecule has 0 radical (unpaired) electrons. The first-order valence-corrected chi connectivity index (χ1v) is 7.72. The van der Waals surface area contributed by atoms with Crippen LogP contribution in [0.5, 0.6) is 0 Å². The number of rotatable bonds is 2. The predicted octanol–water partition coefficient (Wildman–Crippen LogP) is 3.62. The van der Waals surface area contributed by atoms with Gasteiger partial charge in [-0.3, -0.25) is 20.4 Å². The summed E-state index contributed by atoms with van der Waals surface area (Å²) in [6, 6.07) is 15.4.